The molecule has 0 fully saturated rings. The van der Waals surface area contributed by atoms with E-state index in [0.29, 0.717) is 11.5 Å². The molecule has 1 N–H and O–H groups in total. The lowest BCUT2D eigenvalue weighted by molar-refractivity contribution is -0.143. The van der Waals surface area contributed by atoms with E-state index in [0.717, 1.165) is 4.90 Å². The summed E-state index contributed by atoms with van der Waals surface area (Å²) >= 11 is 0. The van der Waals surface area contributed by atoms with Gasteiger partial charge in [0.2, 0.25) is 0 Å². The lowest BCUT2D eigenvalue weighted by Crippen LogP contribution is -2.36. The Balaban J connectivity index is 2.17. The van der Waals surface area contributed by atoms with Crippen LogP contribution in [-0.4, -0.2) is 42.0 Å². The Hall–Kier alpha value is -2.83. The van der Waals surface area contributed by atoms with Crippen molar-refractivity contribution in [3.8, 4) is 11.5 Å². The number of nitrogens with one attached hydrogen (secondary N) is 1. The Morgan fingerprint density at radius 1 is 1.32 bits per heavy atom. The highest BCUT2D eigenvalue weighted by atomic mass is 16.5. The van der Waals surface area contributed by atoms with E-state index >= 15 is 0 Å². The predicted molar refractivity (Wildman–Crippen MR) is 78.4 cm³/mol. The third-order valence-electron chi connectivity index (χ3n) is 2.94. The fraction of sp³-hybridized carbons (Fsp3) is 0.267. The minimum absolute atomic E-state index is 0.0536. The molecule has 22 heavy (non-hydrogen) atoms. The molecule has 0 aliphatic rings. The quantitative estimate of drug-likeness (QED) is 0.840. The largest absolute Gasteiger partial charge is 0.465 e. The topological polar surface area (TPSA) is 92.6 Å². The van der Waals surface area contributed by atoms with Gasteiger partial charge in [-0.1, -0.05) is 0 Å². The van der Waals surface area contributed by atoms with Crippen molar-refractivity contribution in [3.05, 3.63) is 46.4 Å². The molecule has 0 bridgehead atoms. The van der Waals surface area contributed by atoms with E-state index in [4.69, 9.17) is 9.15 Å². The first-order valence-electron chi connectivity index (χ1n) is 6.71. The van der Waals surface area contributed by atoms with Crippen LogP contribution in [0.15, 0.2) is 39.7 Å². The average molecular weight is 304 g/mol. The monoisotopic (exact) mass is 304 g/mol. The number of nitrogens with zero attached hydrogens (tertiary/aromatic N) is 1. The molecule has 2 heterocycles. The molecule has 0 spiro atoms. The van der Waals surface area contributed by atoms with E-state index in [1.807, 2.05) is 0 Å². The molecule has 0 radical (unpaired) electrons. The summed E-state index contributed by atoms with van der Waals surface area (Å²) in [6.45, 7) is 1.70. The Labute approximate surface area is 126 Å². The highest BCUT2D eigenvalue weighted by molar-refractivity contribution is 5.95. The van der Waals surface area contributed by atoms with Crippen molar-refractivity contribution in [2.45, 2.75) is 6.92 Å². The van der Waals surface area contributed by atoms with Gasteiger partial charge in [-0.15, -0.1) is 0 Å². The second-order valence-electron chi connectivity index (χ2n) is 4.56. The van der Waals surface area contributed by atoms with Gasteiger partial charge in [0.25, 0.3) is 11.5 Å². The number of amides is 1. The summed E-state index contributed by atoms with van der Waals surface area (Å²) in [4.78, 5) is 39.3. The predicted octanol–water partition coefficient (Wildman–Crippen LogP) is 1.27. The van der Waals surface area contributed by atoms with Gasteiger partial charge in [-0.25, -0.2) is 0 Å². The number of aromatic nitrogens is 1. The summed E-state index contributed by atoms with van der Waals surface area (Å²) in [6.07, 6.45) is 1.49. The van der Waals surface area contributed by atoms with Crippen molar-refractivity contribution < 1.29 is 18.7 Å². The molecule has 0 atom stereocenters. The minimum Gasteiger partial charge on any atom is -0.465 e. The van der Waals surface area contributed by atoms with Gasteiger partial charge >= 0.3 is 5.97 Å². The SMILES string of the molecule is CCOC(=O)CN(C)C(=O)c1ccc(-c2ccco2)[nH]c1=O. The molecule has 7 heteroatoms. The normalized spacial score (nSPS) is 10.3. The van der Waals surface area contributed by atoms with Gasteiger partial charge in [-0.3, -0.25) is 14.4 Å². The van der Waals surface area contributed by atoms with Crippen molar-refractivity contribution in [2.24, 2.45) is 0 Å². The summed E-state index contributed by atoms with van der Waals surface area (Å²) in [5, 5.41) is 0. The van der Waals surface area contributed by atoms with Crippen LogP contribution in [0.2, 0.25) is 0 Å². The van der Waals surface area contributed by atoms with Crippen molar-refractivity contribution in [1.82, 2.24) is 9.88 Å². The molecule has 0 saturated heterocycles. The van der Waals surface area contributed by atoms with E-state index in [-0.39, 0.29) is 18.7 Å². The van der Waals surface area contributed by atoms with Gasteiger partial charge in [0.05, 0.1) is 18.6 Å². The van der Waals surface area contributed by atoms with Gasteiger partial charge in [-0.05, 0) is 31.2 Å². The van der Waals surface area contributed by atoms with E-state index in [1.54, 1.807) is 25.1 Å². The number of hydrogen-bond donors (Lipinski definition) is 1. The number of H-pyrrole nitrogens is 1. The van der Waals surface area contributed by atoms with Crippen LogP contribution in [0.3, 0.4) is 0 Å². The minimum atomic E-state index is -0.555. The van der Waals surface area contributed by atoms with Crippen molar-refractivity contribution in [3.63, 3.8) is 0 Å². The van der Waals surface area contributed by atoms with Crippen LogP contribution in [0.4, 0.5) is 0 Å². The van der Waals surface area contributed by atoms with Crippen LogP contribution < -0.4 is 5.56 Å². The molecule has 116 valence electrons. The third-order valence-corrected chi connectivity index (χ3v) is 2.94. The molecule has 2 rings (SSSR count). The summed E-state index contributed by atoms with van der Waals surface area (Å²) in [7, 11) is 1.43. The molecule has 2 aromatic heterocycles. The number of pyridine rings is 1. The Morgan fingerprint density at radius 2 is 2.09 bits per heavy atom. The summed E-state index contributed by atoms with van der Waals surface area (Å²) < 4.78 is 9.94. The van der Waals surface area contributed by atoms with Crippen LogP contribution in [-0.2, 0) is 9.53 Å². The van der Waals surface area contributed by atoms with Gasteiger partial charge in [0.15, 0.2) is 0 Å². The van der Waals surface area contributed by atoms with E-state index in [2.05, 4.69) is 4.98 Å². The van der Waals surface area contributed by atoms with Crippen LogP contribution >= 0.6 is 0 Å². The summed E-state index contributed by atoms with van der Waals surface area (Å²) in [5.74, 6) is -0.585. The molecule has 1 amide bonds. The van der Waals surface area contributed by atoms with Crippen molar-refractivity contribution in [2.75, 3.05) is 20.2 Å². The number of esters is 1. The lowest BCUT2D eigenvalue weighted by Gasteiger charge is -2.15. The number of aromatic amines is 1. The number of likely N-dealkylation sites (N-methyl/N-ethyl adjacent to an activating group) is 1. The molecule has 0 aliphatic carbocycles. The summed E-state index contributed by atoms with van der Waals surface area (Å²) in [5.41, 5.74) is -0.128. The molecule has 0 unspecified atom stereocenters. The Morgan fingerprint density at radius 3 is 2.68 bits per heavy atom. The molecule has 0 saturated carbocycles. The number of hydrogen-bond acceptors (Lipinski definition) is 5. The van der Waals surface area contributed by atoms with Gasteiger partial charge < -0.3 is 19.0 Å². The van der Waals surface area contributed by atoms with Gasteiger partial charge in [0, 0.05) is 7.05 Å². The maximum atomic E-state index is 12.2. The Kier molecular flexibility index (Phi) is 4.77. The van der Waals surface area contributed by atoms with E-state index in [9.17, 15) is 14.4 Å². The molecule has 7 nitrogen and oxygen atoms in total. The second-order valence-corrected chi connectivity index (χ2v) is 4.56. The van der Waals surface area contributed by atoms with E-state index in [1.165, 1.54) is 19.4 Å². The molecular formula is C15H16N2O5. The summed E-state index contributed by atoms with van der Waals surface area (Å²) in [6, 6.07) is 6.37. The molecular weight excluding hydrogens is 288 g/mol. The number of rotatable bonds is 5. The maximum Gasteiger partial charge on any atom is 0.325 e. The molecule has 0 aromatic carbocycles. The highest BCUT2D eigenvalue weighted by Gasteiger charge is 2.19. The van der Waals surface area contributed by atoms with Crippen molar-refractivity contribution >= 4 is 11.9 Å². The van der Waals surface area contributed by atoms with Crippen LogP contribution in [0.5, 0.6) is 0 Å². The number of ether oxygens (including phenoxy) is 1. The zero-order chi connectivity index (χ0) is 16.1. The van der Waals surface area contributed by atoms with Gasteiger partial charge in [0.1, 0.15) is 17.9 Å². The molecule has 2 aromatic rings. The fourth-order valence-corrected chi connectivity index (χ4v) is 1.90. The van der Waals surface area contributed by atoms with Crippen molar-refractivity contribution in [1.29, 1.82) is 0 Å². The number of carbonyl (C=O) groups excluding carboxylic acids is 2. The maximum absolute atomic E-state index is 12.2. The van der Waals surface area contributed by atoms with E-state index < -0.39 is 17.4 Å². The zero-order valence-corrected chi connectivity index (χ0v) is 12.3. The first kappa shape index (κ1) is 15.6. The van der Waals surface area contributed by atoms with Gasteiger partial charge in [-0.2, -0.15) is 0 Å². The molecule has 0 aliphatic heterocycles. The lowest BCUT2D eigenvalue weighted by atomic mass is 10.2. The zero-order valence-electron chi connectivity index (χ0n) is 12.3. The highest BCUT2D eigenvalue weighted by Crippen LogP contribution is 2.15. The Bertz CT molecular complexity index is 718. The standard InChI is InChI=1S/C15H16N2O5/c1-3-21-13(18)9-17(2)15(20)10-6-7-11(16-14(10)19)12-5-4-8-22-12/h4-8H,3,9H2,1-2H3,(H,16,19). The average Bonchev–Trinajstić information content (AvgIpc) is 3.00. The van der Waals surface area contributed by atoms with Crippen LogP contribution in [0.25, 0.3) is 11.5 Å². The van der Waals surface area contributed by atoms with Crippen LogP contribution in [0, 0.1) is 0 Å². The first-order valence-corrected chi connectivity index (χ1v) is 6.71. The first-order chi connectivity index (χ1) is 10.5. The third kappa shape index (κ3) is 3.43. The second kappa shape index (κ2) is 6.75. The number of furan rings is 1. The van der Waals surface area contributed by atoms with Crippen LogP contribution in [0.1, 0.15) is 17.3 Å². The smallest absolute Gasteiger partial charge is 0.325 e. The fourth-order valence-electron chi connectivity index (χ4n) is 1.90. The number of carbonyl (C=O) groups is 2.